The summed E-state index contributed by atoms with van der Waals surface area (Å²) in [7, 11) is 0. The molecular weight excluding hydrogens is 407 g/mol. The molecule has 0 unspecified atom stereocenters. The molecule has 0 aliphatic heterocycles. The Morgan fingerprint density at radius 3 is 2.62 bits per heavy atom. The first kappa shape index (κ1) is 18.7. The molecule has 3 nitrogen and oxygen atoms in total. The van der Waals surface area contributed by atoms with Crippen molar-refractivity contribution < 1.29 is 13.2 Å². The van der Waals surface area contributed by atoms with E-state index in [1.54, 1.807) is 12.1 Å². The summed E-state index contributed by atoms with van der Waals surface area (Å²) in [5.74, 6) is 0.412. The zero-order valence-corrected chi connectivity index (χ0v) is 15.2. The van der Waals surface area contributed by atoms with E-state index in [-0.39, 0.29) is 10.3 Å². The number of hydrogen-bond donors (Lipinski definition) is 1. The van der Waals surface area contributed by atoms with Gasteiger partial charge in [0.2, 0.25) is 0 Å². The zero-order valence-electron chi connectivity index (χ0n) is 12.9. The van der Waals surface area contributed by atoms with Crippen LogP contribution in [0.1, 0.15) is 25.8 Å². The van der Waals surface area contributed by atoms with Crippen molar-refractivity contribution >= 4 is 50.3 Å². The molecule has 2 aromatic rings. The molecular formula is C16H14BrClF3N3. The van der Waals surface area contributed by atoms with E-state index in [2.05, 4.69) is 31.2 Å². The predicted molar refractivity (Wildman–Crippen MR) is 93.4 cm³/mol. The standard InChI is InChI=1S/C16H14BrClF3N3/c1-3-9-5-6-13(24-15(9)12(18)4-2)23-14-7-10(16(19,20)21)11(17)8-22-14/h3,5-8H,4H2,1-2H3,(H,22,23,24)/b9-3-,15-12-. The molecule has 2 rings (SSSR count). The molecule has 0 aromatic carbocycles. The average molecular weight is 421 g/mol. The molecule has 24 heavy (non-hydrogen) atoms. The van der Waals surface area contributed by atoms with E-state index in [1.807, 2.05) is 19.9 Å². The van der Waals surface area contributed by atoms with Gasteiger partial charge in [-0.25, -0.2) is 9.97 Å². The summed E-state index contributed by atoms with van der Waals surface area (Å²) < 4.78 is 38.7. The van der Waals surface area contributed by atoms with E-state index in [0.29, 0.717) is 22.6 Å². The zero-order chi connectivity index (χ0) is 17.9. The second-order valence-corrected chi connectivity index (χ2v) is 6.16. The minimum absolute atomic E-state index is 0.0461. The van der Waals surface area contributed by atoms with E-state index in [0.717, 1.165) is 17.5 Å². The van der Waals surface area contributed by atoms with Gasteiger partial charge in [0.15, 0.2) is 0 Å². The molecule has 1 N–H and O–H groups in total. The number of nitrogens with zero attached hydrogens (tertiary/aromatic N) is 2. The van der Waals surface area contributed by atoms with Gasteiger partial charge < -0.3 is 5.32 Å². The number of rotatable bonds is 3. The van der Waals surface area contributed by atoms with Crippen molar-refractivity contribution in [3.63, 3.8) is 0 Å². The first-order valence-electron chi connectivity index (χ1n) is 7.08. The van der Waals surface area contributed by atoms with Gasteiger partial charge in [-0.1, -0.05) is 24.6 Å². The Hall–Kier alpha value is -1.60. The van der Waals surface area contributed by atoms with Crippen molar-refractivity contribution in [2.24, 2.45) is 0 Å². The van der Waals surface area contributed by atoms with Crippen LogP contribution in [-0.2, 0) is 6.18 Å². The molecule has 0 aliphatic carbocycles. The summed E-state index contributed by atoms with van der Waals surface area (Å²) in [5.41, 5.74) is -0.808. The average Bonchev–Trinajstić information content (AvgIpc) is 2.54. The van der Waals surface area contributed by atoms with Crippen LogP contribution in [0, 0.1) is 0 Å². The minimum atomic E-state index is -4.48. The molecule has 8 heteroatoms. The molecule has 0 saturated heterocycles. The summed E-state index contributed by atoms with van der Waals surface area (Å²) in [6.45, 7) is 3.76. The van der Waals surface area contributed by atoms with Crippen LogP contribution in [0.2, 0.25) is 0 Å². The fourth-order valence-corrected chi connectivity index (χ4v) is 2.61. The Kier molecular flexibility index (Phi) is 5.87. The fraction of sp³-hybridized carbons (Fsp3) is 0.250. The smallest absolute Gasteiger partial charge is 0.325 e. The van der Waals surface area contributed by atoms with E-state index in [1.165, 1.54) is 0 Å². The van der Waals surface area contributed by atoms with E-state index in [4.69, 9.17) is 11.6 Å². The number of anilines is 2. The molecule has 0 atom stereocenters. The SMILES string of the molecule is C/C=c1/ccc(Nc2cc(C(F)(F)F)c(Br)cn2)n/c1=C(\Cl)CC. The van der Waals surface area contributed by atoms with E-state index >= 15 is 0 Å². The molecule has 0 fully saturated rings. The summed E-state index contributed by atoms with van der Waals surface area (Å²) >= 11 is 9.05. The van der Waals surface area contributed by atoms with Crippen LogP contribution in [0.25, 0.3) is 11.1 Å². The number of halogens is 5. The number of aromatic nitrogens is 2. The summed E-state index contributed by atoms with van der Waals surface area (Å²) in [5, 5.41) is 4.81. The molecule has 2 aromatic heterocycles. The van der Waals surface area contributed by atoms with Crippen molar-refractivity contribution in [3.05, 3.63) is 45.0 Å². The molecule has 0 amide bonds. The van der Waals surface area contributed by atoms with Crippen molar-refractivity contribution in [1.82, 2.24) is 9.97 Å². The lowest BCUT2D eigenvalue weighted by Crippen LogP contribution is -2.29. The first-order chi connectivity index (χ1) is 11.3. The van der Waals surface area contributed by atoms with Crippen LogP contribution in [-0.4, -0.2) is 9.97 Å². The number of nitrogens with one attached hydrogen (secondary N) is 1. The van der Waals surface area contributed by atoms with E-state index < -0.39 is 11.7 Å². The van der Waals surface area contributed by atoms with Gasteiger partial charge in [0, 0.05) is 15.7 Å². The lowest BCUT2D eigenvalue weighted by atomic mass is 10.2. The highest BCUT2D eigenvalue weighted by molar-refractivity contribution is 9.10. The summed E-state index contributed by atoms with van der Waals surface area (Å²) in [6.07, 6.45) is -0.903. The lowest BCUT2D eigenvalue weighted by Gasteiger charge is -2.11. The van der Waals surface area contributed by atoms with Crippen LogP contribution < -0.4 is 15.9 Å². The van der Waals surface area contributed by atoms with Gasteiger partial charge in [-0.05, 0) is 52.7 Å². The highest BCUT2D eigenvalue weighted by Gasteiger charge is 2.33. The Morgan fingerprint density at radius 2 is 2.04 bits per heavy atom. The van der Waals surface area contributed by atoms with Gasteiger partial charge in [-0.15, -0.1) is 0 Å². The van der Waals surface area contributed by atoms with Crippen LogP contribution in [0.5, 0.6) is 0 Å². The Morgan fingerprint density at radius 1 is 1.33 bits per heavy atom. The minimum Gasteiger partial charge on any atom is -0.325 e. The van der Waals surface area contributed by atoms with Crippen molar-refractivity contribution in [2.75, 3.05) is 5.32 Å². The van der Waals surface area contributed by atoms with Crippen molar-refractivity contribution in [1.29, 1.82) is 0 Å². The molecule has 0 radical (unpaired) electrons. The Balaban J connectivity index is 2.47. The molecule has 0 aliphatic rings. The third-order valence-corrected chi connectivity index (χ3v) is 4.30. The summed E-state index contributed by atoms with van der Waals surface area (Å²) in [6, 6.07) is 4.39. The van der Waals surface area contributed by atoms with Crippen LogP contribution in [0.4, 0.5) is 24.8 Å². The monoisotopic (exact) mass is 419 g/mol. The van der Waals surface area contributed by atoms with Crippen molar-refractivity contribution in [2.45, 2.75) is 26.4 Å². The van der Waals surface area contributed by atoms with Gasteiger partial charge in [0.25, 0.3) is 0 Å². The van der Waals surface area contributed by atoms with E-state index in [9.17, 15) is 13.2 Å². The third-order valence-electron chi connectivity index (χ3n) is 3.22. The fourth-order valence-electron chi connectivity index (χ4n) is 2.01. The largest absolute Gasteiger partial charge is 0.417 e. The first-order valence-corrected chi connectivity index (χ1v) is 8.25. The molecule has 0 bridgehead atoms. The quantitative estimate of drug-likeness (QED) is 0.791. The Bertz CT molecular complexity index is 866. The highest BCUT2D eigenvalue weighted by atomic mass is 79.9. The molecule has 0 saturated carbocycles. The maximum Gasteiger partial charge on any atom is 0.417 e. The number of hydrogen-bond acceptors (Lipinski definition) is 3. The number of alkyl halides is 3. The van der Waals surface area contributed by atoms with Crippen LogP contribution in [0.15, 0.2) is 28.9 Å². The lowest BCUT2D eigenvalue weighted by molar-refractivity contribution is -0.138. The van der Waals surface area contributed by atoms with Crippen LogP contribution in [0.3, 0.4) is 0 Å². The second kappa shape index (κ2) is 7.53. The Labute approximate surface area is 150 Å². The van der Waals surface area contributed by atoms with Gasteiger partial charge >= 0.3 is 6.18 Å². The molecule has 2 heterocycles. The third kappa shape index (κ3) is 4.27. The van der Waals surface area contributed by atoms with Crippen LogP contribution >= 0.6 is 27.5 Å². The predicted octanol–water partition coefficient (Wildman–Crippen LogP) is 4.56. The maximum atomic E-state index is 13.0. The maximum absolute atomic E-state index is 13.0. The highest BCUT2D eigenvalue weighted by Crippen LogP contribution is 2.35. The molecule has 0 spiro atoms. The molecule has 128 valence electrons. The summed E-state index contributed by atoms with van der Waals surface area (Å²) in [4.78, 5) is 8.32. The normalized spacial score (nSPS) is 13.9. The second-order valence-electron chi connectivity index (χ2n) is 4.85. The number of pyridine rings is 2. The van der Waals surface area contributed by atoms with Crippen molar-refractivity contribution in [3.8, 4) is 0 Å². The topological polar surface area (TPSA) is 37.8 Å². The van der Waals surface area contributed by atoms with Gasteiger partial charge in [-0.3, -0.25) is 0 Å². The van der Waals surface area contributed by atoms with Gasteiger partial charge in [0.05, 0.1) is 10.9 Å². The van der Waals surface area contributed by atoms with Gasteiger partial charge in [0.1, 0.15) is 11.6 Å². The van der Waals surface area contributed by atoms with Gasteiger partial charge in [-0.2, -0.15) is 13.2 Å².